The molecule has 0 bridgehead atoms. The van der Waals surface area contributed by atoms with Gasteiger partial charge < -0.3 is 0 Å². The van der Waals surface area contributed by atoms with Gasteiger partial charge in [-0.25, -0.2) is 4.68 Å². The van der Waals surface area contributed by atoms with E-state index in [-0.39, 0.29) is 16.4 Å². The van der Waals surface area contributed by atoms with Gasteiger partial charge in [0.15, 0.2) is 5.11 Å². The lowest BCUT2D eigenvalue weighted by atomic mass is 10.1. The van der Waals surface area contributed by atoms with Crippen LogP contribution in [0.1, 0.15) is 22.4 Å². The van der Waals surface area contributed by atoms with E-state index in [0.717, 1.165) is 10.8 Å². The van der Waals surface area contributed by atoms with Gasteiger partial charge in [-0.1, -0.05) is 12.1 Å². The highest BCUT2D eigenvalue weighted by molar-refractivity contribution is 7.80. The average molecular weight is 397 g/mol. The van der Waals surface area contributed by atoms with Crippen molar-refractivity contribution in [1.82, 2.24) is 9.99 Å². The Kier molecular flexibility index (Phi) is 6.36. The predicted octanol–water partition coefficient (Wildman–Crippen LogP) is 1.90. The number of nitriles is 1. The summed E-state index contributed by atoms with van der Waals surface area (Å²) >= 11 is 5.02. The van der Waals surface area contributed by atoms with E-state index < -0.39 is 16.4 Å². The molecule has 0 saturated heterocycles. The van der Waals surface area contributed by atoms with E-state index in [9.17, 15) is 19.7 Å². The summed E-state index contributed by atoms with van der Waals surface area (Å²) < 4.78 is 1.07. The lowest BCUT2D eigenvalue weighted by Crippen LogP contribution is -2.42. The first-order valence-corrected chi connectivity index (χ1v) is 8.31. The van der Waals surface area contributed by atoms with Gasteiger partial charge in [0.2, 0.25) is 5.91 Å². The van der Waals surface area contributed by atoms with Crippen molar-refractivity contribution in [2.75, 3.05) is 5.43 Å². The van der Waals surface area contributed by atoms with E-state index in [1.807, 2.05) is 6.07 Å². The molecule has 1 aromatic heterocycles. The number of benzene rings is 1. The maximum absolute atomic E-state index is 12.3. The van der Waals surface area contributed by atoms with E-state index in [2.05, 4.69) is 10.7 Å². The molecule has 2 rings (SSSR count). The van der Waals surface area contributed by atoms with Crippen LogP contribution in [0.4, 0.5) is 5.69 Å². The molecule has 10 heteroatoms. The Balaban J connectivity index is 2.09. The topological polar surface area (TPSA) is 130 Å². The highest BCUT2D eigenvalue weighted by Gasteiger charge is 2.11. The number of rotatable bonds is 4. The highest BCUT2D eigenvalue weighted by atomic mass is 32.1. The second-order valence-electron chi connectivity index (χ2n) is 5.71. The maximum atomic E-state index is 12.3. The molecule has 9 nitrogen and oxygen atoms in total. The Labute approximate surface area is 165 Å². The SMILES string of the molecule is Cc1cc(C)n(NC(=S)NC(=O)/C=C/c2cccc([N+](=O)[O-])c2)c(=O)c1C#N. The third-order valence-corrected chi connectivity index (χ3v) is 3.85. The molecule has 1 aromatic carbocycles. The van der Waals surface area contributed by atoms with Crippen LogP contribution < -0.4 is 16.3 Å². The number of non-ortho nitro benzene ring substituents is 1. The van der Waals surface area contributed by atoms with E-state index in [0.29, 0.717) is 16.8 Å². The number of pyridine rings is 1. The first kappa shape index (κ1) is 20.5. The van der Waals surface area contributed by atoms with Crippen LogP contribution >= 0.6 is 12.2 Å². The Morgan fingerprint density at radius 2 is 2.07 bits per heavy atom. The first-order chi connectivity index (χ1) is 13.2. The van der Waals surface area contributed by atoms with Gasteiger partial charge in [-0.15, -0.1) is 0 Å². The van der Waals surface area contributed by atoms with Gasteiger partial charge in [0.25, 0.3) is 11.2 Å². The first-order valence-electron chi connectivity index (χ1n) is 7.90. The number of thiocarbonyl (C=S) groups is 1. The molecule has 0 saturated carbocycles. The number of carbonyl (C=O) groups is 1. The van der Waals surface area contributed by atoms with Crippen molar-refractivity contribution in [1.29, 1.82) is 5.26 Å². The molecular formula is C18H15N5O4S. The molecule has 0 spiro atoms. The minimum absolute atomic E-state index is 0.0298. The maximum Gasteiger partial charge on any atom is 0.287 e. The van der Waals surface area contributed by atoms with Gasteiger partial charge in [0, 0.05) is 23.9 Å². The lowest BCUT2D eigenvalue weighted by molar-refractivity contribution is -0.384. The van der Waals surface area contributed by atoms with E-state index in [1.165, 1.54) is 24.3 Å². The van der Waals surface area contributed by atoms with Gasteiger partial charge in [-0.3, -0.25) is 30.4 Å². The van der Waals surface area contributed by atoms with Gasteiger partial charge in [-0.2, -0.15) is 5.26 Å². The van der Waals surface area contributed by atoms with Gasteiger partial charge >= 0.3 is 0 Å². The summed E-state index contributed by atoms with van der Waals surface area (Å²) in [5.41, 5.74) is 3.37. The van der Waals surface area contributed by atoms with Crippen LogP contribution in [0.15, 0.2) is 41.2 Å². The predicted molar refractivity (Wildman–Crippen MR) is 107 cm³/mol. The molecule has 142 valence electrons. The summed E-state index contributed by atoms with van der Waals surface area (Å²) in [4.78, 5) is 34.5. The van der Waals surface area contributed by atoms with Crippen molar-refractivity contribution in [3.8, 4) is 6.07 Å². The summed E-state index contributed by atoms with van der Waals surface area (Å²) in [6.45, 7) is 3.30. The lowest BCUT2D eigenvalue weighted by Gasteiger charge is -2.14. The number of nitro groups is 1. The van der Waals surface area contributed by atoms with E-state index in [4.69, 9.17) is 17.5 Å². The number of nitrogens with one attached hydrogen (secondary N) is 2. The fourth-order valence-corrected chi connectivity index (χ4v) is 2.55. The molecule has 2 N–H and O–H groups in total. The van der Waals surface area contributed by atoms with Crippen LogP contribution in [0, 0.1) is 35.3 Å². The molecule has 0 aliphatic carbocycles. The van der Waals surface area contributed by atoms with Crippen molar-refractivity contribution in [2.45, 2.75) is 13.8 Å². The summed E-state index contributed by atoms with van der Waals surface area (Å²) in [5, 5.41) is 22.1. The van der Waals surface area contributed by atoms with Crippen molar-refractivity contribution < 1.29 is 9.72 Å². The molecule has 0 unspecified atom stereocenters. The number of carbonyl (C=O) groups excluding carboxylic acids is 1. The van der Waals surface area contributed by atoms with Crippen LogP contribution in [0.3, 0.4) is 0 Å². The highest BCUT2D eigenvalue weighted by Crippen LogP contribution is 2.14. The van der Waals surface area contributed by atoms with E-state index >= 15 is 0 Å². The fraction of sp³-hybridized carbons (Fsp3) is 0.111. The Bertz CT molecular complexity index is 1100. The number of aryl methyl sites for hydroxylation is 2. The Morgan fingerprint density at radius 1 is 1.36 bits per heavy atom. The average Bonchev–Trinajstić information content (AvgIpc) is 2.64. The number of nitrogens with zero attached hydrogens (tertiary/aromatic N) is 3. The minimum Gasteiger partial charge on any atom is -0.298 e. The zero-order chi connectivity index (χ0) is 20.8. The number of aromatic nitrogens is 1. The number of nitro benzene ring substituents is 1. The van der Waals surface area contributed by atoms with Crippen molar-refractivity contribution in [3.05, 3.63) is 79.3 Å². The molecule has 0 radical (unpaired) electrons. The second-order valence-corrected chi connectivity index (χ2v) is 6.12. The zero-order valence-electron chi connectivity index (χ0n) is 14.9. The summed E-state index contributed by atoms with van der Waals surface area (Å²) in [6, 6.07) is 9.24. The molecule has 0 fully saturated rings. The smallest absolute Gasteiger partial charge is 0.287 e. The molecule has 1 amide bonds. The molecule has 0 atom stereocenters. The third-order valence-electron chi connectivity index (χ3n) is 3.66. The normalized spacial score (nSPS) is 10.3. The van der Waals surface area contributed by atoms with Crippen LogP contribution in [-0.4, -0.2) is 20.6 Å². The molecule has 0 aliphatic rings. The van der Waals surface area contributed by atoms with Crippen LogP contribution in [0.2, 0.25) is 0 Å². The van der Waals surface area contributed by atoms with Gasteiger partial charge in [0.05, 0.1) is 4.92 Å². The molecule has 2 aromatic rings. The fourth-order valence-electron chi connectivity index (χ4n) is 2.36. The summed E-state index contributed by atoms with van der Waals surface area (Å²) in [7, 11) is 0. The Hall–Kier alpha value is -3.84. The van der Waals surface area contributed by atoms with Crippen molar-refractivity contribution in [3.63, 3.8) is 0 Å². The summed E-state index contributed by atoms with van der Waals surface area (Å²) in [5.74, 6) is -0.595. The minimum atomic E-state index is -0.595. The molecular weight excluding hydrogens is 382 g/mol. The Morgan fingerprint density at radius 3 is 2.71 bits per heavy atom. The molecule has 28 heavy (non-hydrogen) atoms. The van der Waals surface area contributed by atoms with Crippen LogP contribution in [-0.2, 0) is 4.79 Å². The van der Waals surface area contributed by atoms with Crippen LogP contribution in [0.25, 0.3) is 6.08 Å². The van der Waals surface area contributed by atoms with Crippen molar-refractivity contribution >= 4 is 35.0 Å². The second kappa shape index (κ2) is 8.70. The third kappa shape index (κ3) is 4.87. The van der Waals surface area contributed by atoms with Crippen molar-refractivity contribution in [2.24, 2.45) is 0 Å². The number of amides is 1. The number of hydrogen-bond donors (Lipinski definition) is 2. The zero-order valence-corrected chi connectivity index (χ0v) is 15.7. The standard InChI is InChI=1S/C18H15N5O4S/c1-11-8-12(2)22(17(25)15(11)10-19)21-18(28)20-16(24)7-6-13-4-3-5-14(9-13)23(26)27/h3-9H,1-2H3,(H2,20,21,24,28)/b7-6+. The van der Waals surface area contributed by atoms with Crippen LogP contribution in [0.5, 0.6) is 0 Å². The van der Waals surface area contributed by atoms with Gasteiger partial charge in [-0.05, 0) is 49.3 Å². The molecule has 0 aliphatic heterocycles. The van der Waals surface area contributed by atoms with Gasteiger partial charge in [0.1, 0.15) is 11.6 Å². The number of hydrogen-bond acceptors (Lipinski definition) is 6. The van der Waals surface area contributed by atoms with E-state index in [1.54, 1.807) is 26.0 Å². The summed E-state index contributed by atoms with van der Waals surface area (Å²) in [6.07, 6.45) is 2.54. The molecule has 1 heterocycles. The largest absolute Gasteiger partial charge is 0.298 e. The monoisotopic (exact) mass is 397 g/mol. The quantitative estimate of drug-likeness (QED) is 0.349.